The van der Waals surface area contributed by atoms with Crippen molar-refractivity contribution in [2.24, 2.45) is 0 Å². The van der Waals surface area contributed by atoms with Crippen LogP contribution in [-0.2, 0) is 25.5 Å². The van der Waals surface area contributed by atoms with Gasteiger partial charge in [0.25, 0.3) is 0 Å². The number of carboxylic acid groups (broad SMARTS) is 2. The van der Waals surface area contributed by atoms with Crippen LogP contribution < -0.4 is 10.6 Å². The number of fused-ring (bicyclic) bond motifs is 2. The molecule has 2 heterocycles. The molecule has 4 atom stereocenters. The largest absolute Gasteiger partial charge is 0.507 e. The van der Waals surface area contributed by atoms with Gasteiger partial charge in [0.1, 0.15) is 22.6 Å². The molecule has 6 aromatic carbocycles. The second kappa shape index (κ2) is 21.9. The molecule has 2 saturated heterocycles. The van der Waals surface area contributed by atoms with Crippen LogP contribution in [0.5, 0.6) is 11.5 Å². The van der Waals surface area contributed by atoms with Gasteiger partial charge >= 0.3 is 23.9 Å². The fourth-order valence-corrected chi connectivity index (χ4v) is 8.65. The normalized spacial score (nSPS) is 16.9. The summed E-state index contributed by atoms with van der Waals surface area (Å²) in [7, 11) is 2.92. The number of rotatable bonds is 10. The summed E-state index contributed by atoms with van der Waals surface area (Å²) in [5, 5.41) is 49.7. The van der Waals surface area contributed by atoms with Crippen LogP contribution >= 0.6 is 0 Å². The number of hydrogen-bond acceptors (Lipinski definition) is 10. The number of esters is 2. The Kier molecular flexibility index (Phi) is 15.9. The summed E-state index contributed by atoms with van der Waals surface area (Å²) in [5.74, 6) is -4.00. The summed E-state index contributed by atoms with van der Waals surface area (Å²) in [4.78, 5) is 47.1. The number of phenols is 2. The smallest absolute Gasteiger partial charge is 0.339 e. The molecule has 0 radical (unpaired) electrons. The average molecular weight is 855 g/mol. The Morgan fingerprint density at radius 2 is 0.921 bits per heavy atom. The van der Waals surface area contributed by atoms with E-state index in [0.29, 0.717) is 32.7 Å². The molecular weight excluding hydrogens is 801 g/mol. The van der Waals surface area contributed by atoms with E-state index in [4.69, 9.17) is 9.47 Å². The summed E-state index contributed by atoms with van der Waals surface area (Å²) in [6, 6.07) is 37.0. The molecule has 2 aliphatic heterocycles. The van der Waals surface area contributed by atoms with Crippen LogP contribution in [0.2, 0.25) is 0 Å². The predicted octanol–water partition coefficient (Wildman–Crippen LogP) is 8.56. The van der Waals surface area contributed by atoms with E-state index in [1.165, 1.54) is 52.0 Å². The minimum atomic E-state index is -1.28. The minimum Gasteiger partial charge on any atom is -0.507 e. The van der Waals surface area contributed by atoms with Crippen molar-refractivity contribution in [1.29, 1.82) is 0 Å². The van der Waals surface area contributed by atoms with Crippen molar-refractivity contribution in [2.75, 3.05) is 27.3 Å². The molecule has 0 spiro atoms. The van der Waals surface area contributed by atoms with Gasteiger partial charge in [0, 0.05) is 29.6 Å². The lowest BCUT2D eigenvalue weighted by atomic mass is 9.86. The standard InChI is InChI=1S/C23H16O6.2C14H19NO2/c24-20-16(14-7-3-1-5-12(14)9-18(20)22(26)27)11-17-15-8-4-2-6-13(15)10-19(21(17)25)23(28)29;2*1-17-14(16)13(11-7-3-2-4-8-11)12-9-5-6-10-15-12/h1-10,24-25H,11H2,(H,26,27)(H,28,29);2*2-4,7-8,12-13,15H,5-6,9-10H2,1H3/t;2*12-,13+/m.00/s1. The number of carbonyl (C=O) groups excluding carboxylic acids is 2. The van der Waals surface area contributed by atoms with Gasteiger partial charge in [-0.1, -0.05) is 122 Å². The quantitative estimate of drug-likeness (QED) is 0.0721. The molecule has 6 aromatic rings. The minimum absolute atomic E-state index is 0.0407. The molecule has 0 unspecified atom stereocenters. The highest BCUT2D eigenvalue weighted by Gasteiger charge is 2.33. The number of carboxylic acids is 2. The van der Waals surface area contributed by atoms with Crippen LogP contribution in [-0.4, -0.2) is 83.7 Å². The zero-order valence-corrected chi connectivity index (χ0v) is 35.5. The maximum Gasteiger partial charge on any atom is 0.339 e. The number of piperidine rings is 2. The van der Waals surface area contributed by atoms with Crippen molar-refractivity contribution in [3.8, 4) is 11.5 Å². The highest BCUT2D eigenvalue weighted by Crippen LogP contribution is 2.39. The van der Waals surface area contributed by atoms with Crippen molar-refractivity contribution in [2.45, 2.75) is 68.9 Å². The second-order valence-corrected chi connectivity index (χ2v) is 15.7. The number of nitrogens with one attached hydrogen (secondary N) is 2. The van der Waals surface area contributed by atoms with Crippen LogP contribution in [0.1, 0.15) is 93.3 Å². The molecule has 0 saturated carbocycles. The molecule has 6 N–H and O–H groups in total. The molecule has 328 valence electrons. The number of ether oxygens (including phenoxy) is 2. The second-order valence-electron chi connectivity index (χ2n) is 15.7. The van der Waals surface area contributed by atoms with Crippen LogP contribution in [0.15, 0.2) is 121 Å². The van der Waals surface area contributed by atoms with Crippen LogP contribution in [0.4, 0.5) is 0 Å². The summed E-state index contributed by atoms with van der Waals surface area (Å²) in [6.45, 7) is 1.98. The summed E-state index contributed by atoms with van der Waals surface area (Å²) < 4.78 is 9.88. The number of benzene rings is 6. The van der Waals surface area contributed by atoms with E-state index in [-0.39, 0.29) is 53.4 Å². The van der Waals surface area contributed by atoms with Crippen molar-refractivity contribution >= 4 is 45.4 Å². The third kappa shape index (κ3) is 11.0. The number of methoxy groups -OCH3 is 2. The first-order chi connectivity index (χ1) is 30.5. The highest BCUT2D eigenvalue weighted by molar-refractivity contribution is 6.02. The Morgan fingerprint density at radius 3 is 1.25 bits per heavy atom. The van der Waals surface area contributed by atoms with Crippen molar-refractivity contribution in [3.63, 3.8) is 0 Å². The summed E-state index contributed by atoms with van der Waals surface area (Å²) >= 11 is 0. The zero-order valence-electron chi connectivity index (χ0n) is 35.5. The molecule has 8 rings (SSSR count). The van der Waals surface area contributed by atoms with Gasteiger partial charge in [-0.25, -0.2) is 9.59 Å². The number of aromatic hydroxyl groups is 2. The van der Waals surface area contributed by atoms with Gasteiger partial charge in [-0.15, -0.1) is 0 Å². The Bertz CT molecular complexity index is 2340. The van der Waals surface area contributed by atoms with E-state index in [9.17, 15) is 39.6 Å². The molecule has 12 heteroatoms. The highest BCUT2D eigenvalue weighted by atomic mass is 16.5. The molecular formula is C51H54N2O10. The first kappa shape index (κ1) is 45.8. The van der Waals surface area contributed by atoms with Gasteiger partial charge in [0.05, 0.1) is 26.1 Å². The maximum absolute atomic E-state index is 11.9. The summed E-state index contributed by atoms with van der Waals surface area (Å²) in [5.41, 5.74) is 2.19. The Balaban J connectivity index is 0.000000167. The van der Waals surface area contributed by atoms with E-state index < -0.39 is 23.4 Å². The van der Waals surface area contributed by atoms with Gasteiger partial charge in [-0.2, -0.15) is 0 Å². The SMILES string of the molecule is COC(=O)[C@H](c1ccccc1)[C@@H]1CCCCN1.COC(=O)[C@H](c1ccccc1)[C@@H]1CCCCN1.O=C(O)c1cc2ccccc2c(Cc2c(O)c(C(=O)O)cc3ccccc23)c1O. The number of hydrogen-bond donors (Lipinski definition) is 6. The van der Waals surface area contributed by atoms with Crippen molar-refractivity contribution in [1.82, 2.24) is 10.6 Å². The Labute approximate surface area is 366 Å². The predicted molar refractivity (Wildman–Crippen MR) is 242 cm³/mol. The molecule has 0 aromatic heterocycles. The Morgan fingerprint density at radius 1 is 0.556 bits per heavy atom. The van der Waals surface area contributed by atoms with Gasteiger partial charge in [0.15, 0.2) is 0 Å². The van der Waals surface area contributed by atoms with Crippen molar-refractivity contribution < 1.29 is 49.1 Å². The van der Waals surface area contributed by atoms with Crippen LogP contribution in [0.25, 0.3) is 21.5 Å². The molecule has 2 aliphatic rings. The molecule has 0 amide bonds. The van der Waals surface area contributed by atoms with Gasteiger partial charge in [-0.05, 0) is 83.6 Å². The van der Waals surface area contributed by atoms with E-state index >= 15 is 0 Å². The molecule has 63 heavy (non-hydrogen) atoms. The van der Waals surface area contributed by atoms with Crippen molar-refractivity contribution in [3.05, 3.63) is 155 Å². The fraction of sp³-hybridized carbons (Fsp3) is 0.294. The van der Waals surface area contributed by atoms with Gasteiger partial charge < -0.3 is 40.5 Å². The molecule has 0 aliphatic carbocycles. The van der Waals surface area contributed by atoms with Gasteiger partial charge in [-0.3, -0.25) is 9.59 Å². The summed E-state index contributed by atoms with van der Waals surface area (Å²) in [6.07, 6.45) is 6.78. The number of carbonyl (C=O) groups is 4. The lowest BCUT2D eigenvalue weighted by Gasteiger charge is -2.29. The first-order valence-corrected chi connectivity index (χ1v) is 21.2. The third-order valence-electron chi connectivity index (χ3n) is 11.8. The lowest BCUT2D eigenvalue weighted by molar-refractivity contribution is -0.144. The van der Waals surface area contributed by atoms with Crippen LogP contribution in [0.3, 0.4) is 0 Å². The molecule has 2 fully saturated rings. The first-order valence-electron chi connectivity index (χ1n) is 21.2. The van der Waals surface area contributed by atoms with E-state index in [0.717, 1.165) is 37.1 Å². The Hall–Kier alpha value is -6.76. The van der Waals surface area contributed by atoms with E-state index in [2.05, 4.69) is 10.6 Å². The number of aromatic carboxylic acids is 2. The monoisotopic (exact) mass is 854 g/mol. The molecule has 12 nitrogen and oxygen atoms in total. The van der Waals surface area contributed by atoms with E-state index in [1.807, 2.05) is 60.7 Å². The van der Waals surface area contributed by atoms with E-state index in [1.54, 1.807) is 48.5 Å². The third-order valence-corrected chi connectivity index (χ3v) is 11.8. The lowest BCUT2D eigenvalue weighted by Crippen LogP contribution is -2.42. The fourth-order valence-electron chi connectivity index (χ4n) is 8.65. The average Bonchev–Trinajstić information content (AvgIpc) is 3.32. The molecule has 0 bridgehead atoms. The zero-order chi connectivity index (χ0) is 44.9. The topological polar surface area (TPSA) is 192 Å². The van der Waals surface area contributed by atoms with Crippen LogP contribution in [0, 0.1) is 0 Å². The van der Waals surface area contributed by atoms with Gasteiger partial charge in [0.2, 0.25) is 0 Å². The maximum atomic E-state index is 11.9.